The van der Waals surface area contributed by atoms with E-state index in [2.05, 4.69) is 28.5 Å². The van der Waals surface area contributed by atoms with Gasteiger partial charge in [0.1, 0.15) is 11.6 Å². The standard InChI is InChI=1S/C19H24ClFN4O/c1-23(2)11-12-24-10-7-22-18(24)14-5-8-25(9-6-14)19(26)16-4-3-15(20)13-17(16)21/h3-4,7,10,13-14H,5-6,8-9,11-12H2,1-2H3. The lowest BCUT2D eigenvalue weighted by Gasteiger charge is -2.32. The van der Waals surface area contributed by atoms with Crippen molar-refractivity contribution in [2.75, 3.05) is 33.7 Å². The second-order valence-electron chi connectivity index (χ2n) is 6.97. The summed E-state index contributed by atoms with van der Waals surface area (Å²) in [5.74, 6) is 0.570. The molecule has 1 aromatic heterocycles. The molecule has 0 aliphatic carbocycles. The number of benzene rings is 1. The molecule has 2 heterocycles. The summed E-state index contributed by atoms with van der Waals surface area (Å²) in [5, 5.41) is 0.294. The van der Waals surface area contributed by atoms with Gasteiger partial charge >= 0.3 is 0 Å². The van der Waals surface area contributed by atoms with Gasteiger partial charge in [0, 0.05) is 49.5 Å². The minimum atomic E-state index is -0.566. The first kappa shape index (κ1) is 18.9. The largest absolute Gasteiger partial charge is 0.339 e. The van der Waals surface area contributed by atoms with Crippen molar-refractivity contribution in [2.45, 2.75) is 25.3 Å². The van der Waals surface area contributed by atoms with Gasteiger partial charge in [0.05, 0.1) is 5.56 Å². The molecular formula is C19H24ClFN4O. The summed E-state index contributed by atoms with van der Waals surface area (Å²) in [4.78, 5) is 21.0. The number of hydrogen-bond donors (Lipinski definition) is 0. The van der Waals surface area contributed by atoms with Crippen LogP contribution in [0.4, 0.5) is 4.39 Å². The fourth-order valence-corrected chi connectivity index (χ4v) is 3.51. The normalized spacial score (nSPS) is 15.7. The Morgan fingerprint density at radius 1 is 1.35 bits per heavy atom. The maximum Gasteiger partial charge on any atom is 0.256 e. The molecule has 7 heteroatoms. The highest BCUT2D eigenvalue weighted by atomic mass is 35.5. The van der Waals surface area contributed by atoms with Crippen LogP contribution in [-0.4, -0.2) is 59.0 Å². The van der Waals surface area contributed by atoms with Crippen LogP contribution >= 0.6 is 11.6 Å². The Hall–Kier alpha value is -1.92. The Balaban J connectivity index is 1.63. The van der Waals surface area contributed by atoms with Crippen molar-refractivity contribution >= 4 is 17.5 Å². The van der Waals surface area contributed by atoms with Crippen molar-refractivity contribution in [2.24, 2.45) is 0 Å². The predicted molar refractivity (Wildman–Crippen MR) is 100 cm³/mol. The van der Waals surface area contributed by atoms with E-state index in [9.17, 15) is 9.18 Å². The average Bonchev–Trinajstić information content (AvgIpc) is 3.08. The highest BCUT2D eigenvalue weighted by Gasteiger charge is 2.28. The van der Waals surface area contributed by atoms with E-state index >= 15 is 0 Å². The van der Waals surface area contributed by atoms with Crippen LogP contribution in [0, 0.1) is 5.82 Å². The van der Waals surface area contributed by atoms with E-state index < -0.39 is 5.82 Å². The van der Waals surface area contributed by atoms with Gasteiger partial charge in [0.2, 0.25) is 0 Å². The maximum absolute atomic E-state index is 14.0. The number of carbonyl (C=O) groups is 1. The minimum Gasteiger partial charge on any atom is -0.339 e. The molecule has 1 aliphatic rings. The Bertz CT molecular complexity index is 769. The lowest BCUT2D eigenvalue weighted by Crippen LogP contribution is -2.38. The van der Waals surface area contributed by atoms with Gasteiger partial charge in [-0.15, -0.1) is 0 Å². The van der Waals surface area contributed by atoms with Crippen molar-refractivity contribution in [3.8, 4) is 0 Å². The van der Waals surface area contributed by atoms with Gasteiger partial charge < -0.3 is 14.4 Å². The summed E-state index contributed by atoms with van der Waals surface area (Å²) < 4.78 is 16.2. The van der Waals surface area contributed by atoms with Crippen LogP contribution in [0.2, 0.25) is 5.02 Å². The van der Waals surface area contributed by atoms with Gasteiger partial charge in [0.25, 0.3) is 5.91 Å². The molecule has 1 saturated heterocycles. The Morgan fingerprint density at radius 3 is 2.73 bits per heavy atom. The number of aromatic nitrogens is 2. The van der Waals surface area contributed by atoms with Crippen LogP contribution in [0.1, 0.15) is 34.9 Å². The van der Waals surface area contributed by atoms with Gasteiger partial charge in [-0.25, -0.2) is 9.37 Å². The van der Waals surface area contributed by atoms with E-state index in [1.54, 1.807) is 11.0 Å². The molecule has 1 amide bonds. The molecule has 140 valence electrons. The molecule has 0 saturated carbocycles. The number of rotatable bonds is 5. The van der Waals surface area contributed by atoms with Gasteiger partial charge in [-0.2, -0.15) is 0 Å². The molecule has 26 heavy (non-hydrogen) atoms. The zero-order valence-corrected chi connectivity index (χ0v) is 15.9. The van der Waals surface area contributed by atoms with Crippen molar-refractivity contribution in [1.29, 1.82) is 0 Å². The summed E-state index contributed by atoms with van der Waals surface area (Å²) >= 11 is 5.77. The molecule has 0 atom stereocenters. The molecule has 0 N–H and O–H groups in total. The monoisotopic (exact) mass is 378 g/mol. The van der Waals surface area contributed by atoms with E-state index in [-0.39, 0.29) is 11.5 Å². The highest BCUT2D eigenvalue weighted by Crippen LogP contribution is 2.28. The zero-order chi connectivity index (χ0) is 18.7. The predicted octanol–water partition coefficient (Wildman–Crippen LogP) is 3.26. The van der Waals surface area contributed by atoms with E-state index in [1.165, 1.54) is 12.1 Å². The van der Waals surface area contributed by atoms with Crippen LogP contribution < -0.4 is 0 Å². The number of halogens is 2. The van der Waals surface area contributed by atoms with Gasteiger partial charge in [-0.1, -0.05) is 11.6 Å². The first-order valence-electron chi connectivity index (χ1n) is 8.86. The topological polar surface area (TPSA) is 41.4 Å². The Kier molecular flexibility index (Phi) is 5.94. The average molecular weight is 379 g/mol. The fraction of sp³-hybridized carbons (Fsp3) is 0.474. The smallest absolute Gasteiger partial charge is 0.256 e. The summed E-state index contributed by atoms with van der Waals surface area (Å²) in [6.07, 6.45) is 5.52. The quantitative estimate of drug-likeness (QED) is 0.802. The third-order valence-corrected chi connectivity index (χ3v) is 5.08. The molecule has 1 fully saturated rings. The van der Waals surface area contributed by atoms with E-state index in [1.807, 2.05) is 12.4 Å². The molecule has 0 spiro atoms. The summed E-state index contributed by atoms with van der Waals surface area (Å²) in [6.45, 7) is 3.06. The molecule has 0 radical (unpaired) electrons. The van der Waals surface area contributed by atoms with E-state index in [4.69, 9.17) is 11.6 Å². The molecule has 0 unspecified atom stereocenters. The Morgan fingerprint density at radius 2 is 2.08 bits per heavy atom. The van der Waals surface area contributed by atoms with Crippen molar-refractivity contribution in [3.05, 3.63) is 52.8 Å². The minimum absolute atomic E-state index is 0.0836. The van der Waals surface area contributed by atoms with Crippen molar-refractivity contribution < 1.29 is 9.18 Å². The van der Waals surface area contributed by atoms with Crippen LogP contribution in [0.15, 0.2) is 30.6 Å². The molecule has 5 nitrogen and oxygen atoms in total. The zero-order valence-electron chi connectivity index (χ0n) is 15.2. The van der Waals surface area contributed by atoms with Crippen molar-refractivity contribution in [3.63, 3.8) is 0 Å². The highest BCUT2D eigenvalue weighted by molar-refractivity contribution is 6.30. The summed E-state index contributed by atoms with van der Waals surface area (Å²) in [7, 11) is 4.10. The Labute approximate surface area is 158 Å². The summed E-state index contributed by atoms with van der Waals surface area (Å²) in [5.41, 5.74) is 0.0836. The number of imidazole rings is 1. The third-order valence-electron chi connectivity index (χ3n) is 4.84. The third kappa shape index (κ3) is 4.24. The lowest BCUT2D eigenvalue weighted by atomic mass is 9.95. The molecular weight excluding hydrogens is 355 g/mol. The number of nitrogens with zero attached hydrogens (tertiary/aromatic N) is 4. The number of amides is 1. The SMILES string of the molecule is CN(C)CCn1ccnc1C1CCN(C(=O)c2ccc(Cl)cc2F)CC1. The van der Waals surface area contributed by atoms with Crippen LogP contribution in [0.3, 0.4) is 0 Å². The maximum atomic E-state index is 14.0. The first-order chi connectivity index (χ1) is 12.5. The fourth-order valence-electron chi connectivity index (χ4n) is 3.35. The van der Waals surface area contributed by atoms with Gasteiger partial charge in [0.15, 0.2) is 0 Å². The van der Waals surface area contributed by atoms with Crippen LogP contribution in [0.25, 0.3) is 0 Å². The van der Waals surface area contributed by atoms with Gasteiger partial charge in [-0.3, -0.25) is 4.79 Å². The molecule has 0 bridgehead atoms. The number of likely N-dealkylation sites (tertiary alicyclic amines) is 1. The van der Waals surface area contributed by atoms with Crippen molar-refractivity contribution in [1.82, 2.24) is 19.4 Å². The second kappa shape index (κ2) is 8.18. The molecule has 2 aromatic rings. The van der Waals surface area contributed by atoms with E-state index in [0.29, 0.717) is 24.0 Å². The molecule has 1 aliphatic heterocycles. The second-order valence-corrected chi connectivity index (χ2v) is 7.41. The number of likely N-dealkylation sites (N-methyl/N-ethyl adjacent to an activating group) is 1. The number of hydrogen-bond acceptors (Lipinski definition) is 3. The molecule has 1 aromatic carbocycles. The number of carbonyl (C=O) groups excluding carboxylic acids is 1. The van der Waals surface area contributed by atoms with Crippen LogP contribution in [-0.2, 0) is 6.54 Å². The van der Waals surface area contributed by atoms with Crippen LogP contribution in [0.5, 0.6) is 0 Å². The molecule has 3 rings (SSSR count). The lowest BCUT2D eigenvalue weighted by molar-refractivity contribution is 0.0705. The van der Waals surface area contributed by atoms with Gasteiger partial charge in [-0.05, 0) is 45.1 Å². The number of piperidine rings is 1. The summed E-state index contributed by atoms with van der Waals surface area (Å²) in [6, 6.07) is 4.19. The first-order valence-corrected chi connectivity index (χ1v) is 9.23. The van der Waals surface area contributed by atoms with E-state index in [0.717, 1.165) is 31.8 Å².